The van der Waals surface area contributed by atoms with Crippen LogP contribution >= 0.6 is 0 Å². The number of fused-ring (bicyclic) bond motifs is 7. The minimum atomic E-state index is -0.355. The fraction of sp³-hybridized carbons (Fsp3) is 0.718. The summed E-state index contributed by atoms with van der Waals surface area (Å²) in [5.41, 5.74) is 2.57. The highest BCUT2D eigenvalue weighted by atomic mass is 16.5. The van der Waals surface area contributed by atoms with Gasteiger partial charge in [0.25, 0.3) is 0 Å². The van der Waals surface area contributed by atoms with Crippen LogP contribution in [0.25, 0.3) is 6.08 Å². The molecule has 242 valence electrons. The van der Waals surface area contributed by atoms with E-state index in [0.717, 1.165) is 25.7 Å². The Kier molecular flexibility index (Phi) is 7.67. The van der Waals surface area contributed by atoms with E-state index < -0.39 is 0 Å². The predicted octanol–water partition coefficient (Wildman–Crippen LogP) is 8.67. The third-order valence-corrected chi connectivity index (χ3v) is 15.1. The molecule has 0 radical (unpaired) electrons. The van der Waals surface area contributed by atoms with Crippen molar-refractivity contribution in [1.82, 2.24) is 0 Å². The number of ether oxygens (including phenoxy) is 1. The second-order valence-corrected chi connectivity index (χ2v) is 17.1. The first kappa shape index (κ1) is 31.7. The highest BCUT2D eigenvalue weighted by Gasteiger charge is 2.71. The number of rotatable bonds is 5. The highest BCUT2D eigenvalue weighted by Crippen LogP contribution is 2.77. The standard InChI is InChI=1S/C39H56O5/c1-24(2)26-14-19-39(23-40)21-20-37(6)28-10-12-31-35(3,4)32(44-33(43)13-9-25-8-11-29(41)30(42)22-25)16-17-36(31,5)27(28)15-18-38(37,7)34(26)39/h8-9,11,13,22,26-28,31-32,34,40-42H,1,10,12,14-21,23H2,2-7H3/b13-9+/t26-,27?,28?,31?,32-,34?,36+,37-,38+,39+/m0/s1. The lowest BCUT2D eigenvalue weighted by Crippen LogP contribution is -2.66. The van der Waals surface area contributed by atoms with Gasteiger partial charge in [0.2, 0.25) is 0 Å². The predicted molar refractivity (Wildman–Crippen MR) is 175 cm³/mol. The highest BCUT2D eigenvalue weighted by molar-refractivity contribution is 5.87. The van der Waals surface area contributed by atoms with E-state index in [9.17, 15) is 20.1 Å². The molecule has 0 bridgehead atoms. The molecule has 0 saturated heterocycles. The van der Waals surface area contributed by atoms with Crippen LogP contribution in [0.3, 0.4) is 0 Å². The largest absolute Gasteiger partial charge is 0.504 e. The average Bonchev–Trinajstić information content (AvgIpc) is 3.38. The summed E-state index contributed by atoms with van der Waals surface area (Å²) in [6, 6.07) is 4.51. The summed E-state index contributed by atoms with van der Waals surface area (Å²) >= 11 is 0. The lowest BCUT2D eigenvalue weighted by Gasteiger charge is -2.72. The number of allylic oxidation sites excluding steroid dienone is 1. The van der Waals surface area contributed by atoms with E-state index in [2.05, 4.69) is 48.1 Å². The Bertz CT molecular complexity index is 1350. The van der Waals surface area contributed by atoms with Gasteiger partial charge in [0, 0.05) is 18.1 Å². The molecular formula is C39H56O5. The minimum Gasteiger partial charge on any atom is -0.504 e. The minimum absolute atomic E-state index is 0.0624. The molecule has 0 aromatic heterocycles. The number of esters is 1. The first-order valence-corrected chi connectivity index (χ1v) is 17.3. The van der Waals surface area contributed by atoms with Crippen LogP contribution in [0.4, 0.5) is 0 Å². The Morgan fingerprint density at radius 3 is 2.34 bits per heavy atom. The van der Waals surface area contributed by atoms with E-state index >= 15 is 0 Å². The number of hydrogen-bond donors (Lipinski definition) is 3. The van der Waals surface area contributed by atoms with Gasteiger partial charge in [-0.1, -0.05) is 52.8 Å². The zero-order chi connectivity index (χ0) is 31.9. The zero-order valence-corrected chi connectivity index (χ0v) is 28.0. The third kappa shape index (κ3) is 4.45. The van der Waals surface area contributed by atoms with Crippen molar-refractivity contribution in [2.24, 2.45) is 56.7 Å². The number of aromatic hydroxyl groups is 2. The van der Waals surface area contributed by atoms with Crippen molar-refractivity contribution in [1.29, 1.82) is 0 Å². The molecular weight excluding hydrogens is 548 g/mol. The lowest BCUT2D eigenvalue weighted by molar-refractivity contribution is -0.243. The number of benzene rings is 1. The number of aliphatic hydroxyl groups excluding tert-OH is 1. The van der Waals surface area contributed by atoms with Gasteiger partial charge in [-0.05, 0) is 146 Å². The molecule has 5 nitrogen and oxygen atoms in total. The number of phenols is 2. The van der Waals surface area contributed by atoms with Gasteiger partial charge in [-0.2, -0.15) is 0 Å². The molecule has 5 heteroatoms. The molecule has 1 aromatic carbocycles. The SMILES string of the molecule is C=C(C)[C@@H]1CC[C@]2(CO)CC[C@@]3(C)C4CCC5C(C)(C)[C@@H](OC(=O)/C=C/c6ccc(O)c(O)c6)CC[C@]5(C)C4CC[C@]3(C)C12. The molecule has 5 aliphatic rings. The Morgan fingerprint density at radius 2 is 1.66 bits per heavy atom. The summed E-state index contributed by atoms with van der Waals surface area (Å²) in [6.45, 7) is 19.5. The maximum atomic E-state index is 13.0. The molecule has 5 saturated carbocycles. The van der Waals surface area contributed by atoms with Crippen molar-refractivity contribution in [2.75, 3.05) is 6.61 Å². The van der Waals surface area contributed by atoms with Gasteiger partial charge in [-0.25, -0.2) is 4.79 Å². The van der Waals surface area contributed by atoms with Gasteiger partial charge in [-0.3, -0.25) is 0 Å². The van der Waals surface area contributed by atoms with Gasteiger partial charge in [0.1, 0.15) is 6.10 Å². The number of carbonyl (C=O) groups is 1. The van der Waals surface area contributed by atoms with Crippen molar-refractivity contribution in [3.63, 3.8) is 0 Å². The van der Waals surface area contributed by atoms with Crippen molar-refractivity contribution in [3.8, 4) is 11.5 Å². The summed E-state index contributed by atoms with van der Waals surface area (Å²) < 4.78 is 6.17. The topological polar surface area (TPSA) is 87.0 Å². The summed E-state index contributed by atoms with van der Waals surface area (Å²) in [6.07, 6.45) is 14.5. The Hall–Kier alpha value is -2.27. The van der Waals surface area contributed by atoms with Crippen LogP contribution < -0.4 is 0 Å². The molecule has 4 unspecified atom stereocenters. The monoisotopic (exact) mass is 604 g/mol. The summed E-state index contributed by atoms with van der Waals surface area (Å²) in [5.74, 6) is 2.14. The molecule has 5 aliphatic carbocycles. The van der Waals surface area contributed by atoms with E-state index in [1.54, 1.807) is 12.1 Å². The second-order valence-electron chi connectivity index (χ2n) is 17.1. The molecule has 0 amide bonds. The van der Waals surface area contributed by atoms with Crippen LogP contribution in [0.15, 0.2) is 36.4 Å². The number of hydrogen-bond acceptors (Lipinski definition) is 5. The van der Waals surface area contributed by atoms with Crippen LogP contribution in [0.5, 0.6) is 11.5 Å². The van der Waals surface area contributed by atoms with Gasteiger partial charge < -0.3 is 20.1 Å². The van der Waals surface area contributed by atoms with E-state index in [-0.39, 0.29) is 50.6 Å². The van der Waals surface area contributed by atoms with Crippen molar-refractivity contribution < 1.29 is 24.9 Å². The van der Waals surface area contributed by atoms with Gasteiger partial charge >= 0.3 is 5.97 Å². The molecule has 0 spiro atoms. The summed E-state index contributed by atoms with van der Waals surface area (Å²) in [5, 5.41) is 30.2. The maximum Gasteiger partial charge on any atom is 0.331 e. The molecule has 3 N–H and O–H groups in total. The van der Waals surface area contributed by atoms with E-state index in [4.69, 9.17) is 4.74 Å². The quantitative estimate of drug-likeness (QED) is 0.135. The normalized spacial score (nSPS) is 44.2. The number of aliphatic hydroxyl groups is 1. The maximum absolute atomic E-state index is 13.0. The summed E-state index contributed by atoms with van der Waals surface area (Å²) in [7, 11) is 0. The van der Waals surface area contributed by atoms with Gasteiger partial charge in [0.15, 0.2) is 11.5 Å². The molecule has 10 atom stereocenters. The fourth-order valence-electron chi connectivity index (χ4n) is 12.7. The fourth-order valence-corrected chi connectivity index (χ4v) is 12.7. The molecule has 6 rings (SSSR count). The van der Waals surface area contributed by atoms with Gasteiger partial charge in [-0.15, -0.1) is 0 Å². The summed E-state index contributed by atoms with van der Waals surface area (Å²) in [4.78, 5) is 13.0. The number of phenolic OH excluding ortho intramolecular Hbond substituents is 2. The Labute approximate surface area is 265 Å². The van der Waals surface area contributed by atoms with E-state index in [0.29, 0.717) is 41.8 Å². The van der Waals surface area contributed by atoms with Crippen LogP contribution in [0.1, 0.15) is 111 Å². The Morgan fingerprint density at radius 1 is 0.909 bits per heavy atom. The molecule has 0 aliphatic heterocycles. The van der Waals surface area contributed by atoms with Crippen LogP contribution in [-0.2, 0) is 9.53 Å². The lowest BCUT2D eigenvalue weighted by atomic mass is 9.33. The Balaban J connectivity index is 1.22. The first-order chi connectivity index (χ1) is 20.6. The van der Waals surface area contributed by atoms with Gasteiger partial charge in [0.05, 0.1) is 0 Å². The van der Waals surface area contributed by atoms with Crippen LogP contribution in [0.2, 0.25) is 0 Å². The molecule has 5 fully saturated rings. The van der Waals surface area contributed by atoms with Crippen LogP contribution in [-0.4, -0.2) is 34.0 Å². The average molecular weight is 605 g/mol. The smallest absolute Gasteiger partial charge is 0.331 e. The number of carbonyl (C=O) groups excluding carboxylic acids is 1. The van der Waals surface area contributed by atoms with Crippen molar-refractivity contribution >= 4 is 12.0 Å². The molecule has 1 aromatic rings. The zero-order valence-electron chi connectivity index (χ0n) is 28.0. The van der Waals surface area contributed by atoms with Crippen molar-refractivity contribution in [3.05, 3.63) is 42.0 Å². The molecule has 44 heavy (non-hydrogen) atoms. The van der Waals surface area contributed by atoms with E-state index in [1.807, 2.05) is 0 Å². The second kappa shape index (κ2) is 10.6. The molecule has 0 heterocycles. The van der Waals surface area contributed by atoms with Crippen LogP contribution in [0, 0.1) is 56.7 Å². The van der Waals surface area contributed by atoms with E-state index in [1.165, 1.54) is 62.3 Å². The third-order valence-electron chi connectivity index (χ3n) is 15.1. The van der Waals surface area contributed by atoms with Crippen molar-refractivity contribution in [2.45, 2.75) is 112 Å². The first-order valence-electron chi connectivity index (χ1n) is 17.3.